The van der Waals surface area contributed by atoms with E-state index in [-0.39, 0.29) is 18.3 Å². The molecule has 1 aromatic rings. The van der Waals surface area contributed by atoms with Crippen LogP contribution in [0.15, 0.2) is 24.3 Å². The number of carboxylic acids is 1. The van der Waals surface area contributed by atoms with E-state index in [1.165, 1.54) is 12.1 Å². The predicted molar refractivity (Wildman–Crippen MR) is 64.3 cm³/mol. The Bertz CT molecular complexity index is 389. The molecule has 0 spiro atoms. The third kappa shape index (κ3) is 2.82. The van der Waals surface area contributed by atoms with E-state index in [0.717, 1.165) is 5.56 Å². The summed E-state index contributed by atoms with van der Waals surface area (Å²) < 4.78 is 12.9. The number of nitrogens with two attached hydrogens (primary N) is 1. The van der Waals surface area contributed by atoms with Gasteiger partial charge in [0.2, 0.25) is 0 Å². The molecule has 0 saturated carbocycles. The first-order valence-electron chi connectivity index (χ1n) is 5.66. The highest BCUT2D eigenvalue weighted by molar-refractivity contribution is 5.69. The Labute approximate surface area is 100 Å². The Balaban J connectivity index is 3.21. The lowest BCUT2D eigenvalue weighted by Gasteiger charge is -2.35. The van der Waals surface area contributed by atoms with Crippen molar-refractivity contribution in [2.75, 3.05) is 0 Å². The molecule has 0 saturated heterocycles. The molecule has 0 fully saturated rings. The number of carbonyl (C=O) groups is 1. The Morgan fingerprint density at radius 1 is 1.47 bits per heavy atom. The molecule has 3 N–H and O–H groups in total. The Hall–Kier alpha value is -1.42. The molecule has 4 heteroatoms. The van der Waals surface area contributed by atoms with Gasteiger partial charge in [-0.3, -0.25) is 4.79 Å². The highest BCUT2D eigenvalue weighted by atomic mass is 19.1. The summed E-state index contributed by atoms with van der Waals surface area (Å²) in [6.45, 7) is 3.69. The molecule has 0 heterocycles. The van der Waals surface area contributed by atoms with Crippen LogP contribution in [0.2, 0.25) is 0 Å². The van der Waals surface area contributed by atoms with Crippen molar-refractivity contribution in [3.05, 3.63) is 35.6 Å². The number of hydrogen-bond acceptors (Lipinski definition) is 2. The smallest absolute Gasteiger partial charge is 0.304 e. The van der Waals surface area contributed by atoms with Crippen LogP contribution in [0.25, 0.3) is 0 Å². The summed E-state index contributed by atoms with van der Waals surface area (Å²) in [7, 11) is 0. The van der Waals surface area contributed by atoms with E-state index in [9.17, 15) is 9.18 Å². The van der Waals surface area contributed by atoms with Gasteiger partial charge in [0.05, 0.1) is 6.42 Å². The van der Waals surface area contributed by atoms with Crippen molar-refractivity contribution in [2.24, 2.45) is 5.73 Å². The molecule has 17 heavy (non-hydrogen) atoms. The largest absolute Gasteiger partial charge is 0.481 e. The maximum Gasteiger partial charge on any atom is 0.304 e. The average Bonchev–Trinajstić information content (AvgIpc) is 2.26. The number of aliphatic carboxylic acids is 1. The van der Waals surface area contributed by atoms with E-state index in [2.05, 4.69) is 0 Å². The minimum atomic E-state index is -0.895. The van der Waals surface area contributed by atoms with Crippen molar-refractivity contribution >= 4 is 5.97 Å². The fourth-order valence-electron chi connectivity index (χ4n) is 2.23. The monoisotopic (exact) mass is 239 g/mol. The molecular formula is C13H18FNO2. The Morgan fingerprint density at radius 2 is 2.00 bits per heavy atom. The molecule has 0 radical (unpaired) electrons. The molecule has 3 nitrogen and oxygen atoms in total. The highest BCUT2D eigenvalue weighted by Gasteiger charge is 2.36. The fraction of sp³-hybridized carbons (Fsp3) is 0.462. The second-order valence-corrected chi connectivity index (χ2v) is 4.38. The number of rotatable bonds is 5. The van der Waals surface area contributed by atoms with Crippen molar-refractivity contribution < 1.29 is 14.3 Å². The lowest BCUT2D eigenvalue weighted by atomic mass is 9.70. The molecule has 0 aliphatic carbocycles. The lowest BCUT2D eigenvalue weighted by Crippen LogP contribution is -2.44. The van der Waals surface area contributed by atoms with Crippen LogP contribution in [0.5, 0.6) is 0 Å². The molecular weight excluding hydrogens is 221 g/mol. The van der Waals surface area contributed by atoms with Crippen LogP contribution < -0.4 is 5.73 Å². The van der Waals surface area contributed by atoms with E-state index >= 15 is 0 Å². The Kier molecular flexibility index (Phi) is 4.23. The first-order chi connectivity index (χ1) is 7.92. The maximum atomic E-state index is 12.9. The van der Waals surface area contributed by atoms with Gasteiger partial charge in [0, 0.05) is 11.5 Å². The molecule has 0 aliphatic heterocycles. The molecule has 1 aromatic carbocycles. The summed E-state index contributed by atoms with van der Waals surface area (Å²) in [4.78, 5) is 11.0. The van der Waals surface area contributed by atoms with E-state index in [0.29, 0.717) is 6.42 Å². The van der Waals surface area contributed by atoms with Gasteiger partial charge in [0.25, 0.3) is 0 Å². The minimum Gasteiger partial charge on any atom is -0.481 e. The zero-order valence-corrected chi connectivity index (χ0v) is 10.1. The van der Waals surface area contributed by atoms with Crippen molar-refractivity contribution in [1.29, 1.82) is 0 Å². The van der Waals surface area contributed by atoms with Crippen LogP contribution in [0.4, 0.5) is 4.39 Å². The first kappa shape index (κ1) is 13.6. The van der Waals surface area contributed by atoms with Crippen molar-refractivity contribution in [2.45, 2.75) is 38.1 Å². The topological polar surface area (TPSA) is 63.3 Å². The summed E-state index contributed by atoms with van der Waals surface area (Å²) in [6, 6.07) is 5.60. The molecule has 2 atom stereocenters. The van der Waals surface area contributed by atoms with Gasteiger partial charge in [-0.2, -0.15) is 0 Å². The van der Waals surface area contributed by atoms with Gasteiger partial charge in [0.15, 0.2) is 0 Å². The van der Waals surface area contributed by atoms with Gasteiger partial charge in [-0.15, -0.1) is 0 Å². The first-order valence-corrected chi connectivity index (χ1v) is 5.66. The second-order valence-electron chi connectivity index (χ2n) is 4.38. The van der Waals surface area contributed by atoms with Gasteiger partial charge in [-0.25, -0.2) is 4.39 Å². The molecule has 94 valence electrons. The van der Waals surface area contributed by atoms with Crippen molar-refractivity contribution in [1.82, 2.24) is 0 Å². The molecule has 1 rings (SSSR count). The lowest BCUT2D eigenvalue weighted by molar-refractivity contribution is -0.138. The quantitative estimate of drug-likeness (QED) is 0.828. The van der Waals surface area contributed by atoms with Crippen LogP contribution in [-0.2, 0) is 10.2 Å². The van der Waals surface area contributed by atoms with Gasteiger partial charge >= 0.3 is 5.97 Å². The number of hydrogen-bond donors (Lipinski definition) is 2. The zero-order valence-electron chi connectivity index (χ0n) is 10.1. The SMILES string of the molecule is CCC(CC(=O)O)(c1ccc(F)cc1)C(C)N. The molecule has 0 amide bonds. The van der Waals surface area contributed by atoms with E-state index in [1.807, 2.05) is 6.92 Å². The maximum absolute atomic E-state index is 12.9. The number of benzene rings is 1. The van der Waals surface area contributed by atoms with E-state index in [4.69, 9.17) is 10.8 Å². The summed E-state index contributed by atoms with van der Waals surface area (Å²) in [5, 5.41) is 9.02. The third-order valence-corrected chi connectivity index (χ3v) is 3.39. The summed E-state index contributed by atoms with van der Waals surface area (Å²) in [5.74, 6) is -1.23. The van der Waals surface area contributed by atoms with Gasteiger partial charge in [-0.1, -0.05) is 19.1 Å². The number of halogens is 1. The standard InChI is InChI=1S/C13H18FNO2/c1-3-13(9(2)15,8-12(16)17)10-4-6-11(14)7-5-10/h4-7,9H,3,8,15H2,1-2H3,(H,16,17). The average molecular weight is 239 g/mol. The molecule has 0 bridgehead atoms. The zero-order chi connectivity index (χ0) is 13.1. The normalized spacial score (nSPS) is 16.2. The molecule has 0 aliphatic rings. The summed E-state index contributed by atoms with van der Waals surface area (Å²) in [5.41, 5.74) is 6.08. The fourth-order valence-corrected chi connectivity index (χ4v) is 2.23. The van der Waals surface area contributed by atoms with Gasteiger partial charge in [0.1, 0.15) is 5.82 Å². The van der Waals surface area contributed by atoms with E-state index < -0.39 is 11.4 Å². The molecule has 2 unspecified atom stereocenters. The highest BCUT2D eigenvalue weighted by Crippen LogP contribution is 2.34. The van der Waals surface area contributed by atoms with Crippen LogP contribution >= 0.6 is 0 Å². The van der Waals surface area contributed by atoms with Crippen molar-refractivity contribution in [3.8, 4) is 0 Å². The Morgan fingerprint density at radius 3 is 2.35 bits per heavy atom. The predicted octanol–water partition coefficient (Wildman–Crippen LogP) is 2.30. The van der Waals surface area contributed by atoms with Crippen LogP contribution in [0, 0.1) is 5.82 Å². The van der Waals surface area contributed by atoms with E-state index in [1.54, 1.807) is 19.1 Å². The van der Waals surface area contributed by atoms with Crippen LogP contribution in [-0.4, -0.2) is 17.1 Å². The minimum absolute atomic E-state index is 0.0488. The second kappa shape index (κ2) is 5.27. The summed E-state index contributed by atoms with van der Waals surface area (Å²) in [6.07, 6.45) is 0.551. The van der Waals surface area contributed by atoms with Crippen LogP contribution in [0.1, 0.15) is 32.3 Å². The van der Waals surface area contributed by atoms with Gasteiger partial charge in [-0.05, 0) is 31.0 Å². The molecule has 0 aromatic heterocycles. The number of carboxylic acid groups (broad SMARTS) is 1. The van der Waals surface area contributed by atoms with Crippen molar-refractivity contribution in [3.63, 3.8) is 0 Å². The van der Waals surface area contributed by atoms with Gasteiger partial charge < -0.3 is 10.8 Å². The van der Waals surface area contributed by atoms with Crippen LogP contribution in [0.3, 0.4) is 0 Å². The third-order valence-electron chi connectivity index (χ3n) is 3.39. The summed E-state index contributed by atoms with van der Waals surface area (Å²) >= 11 is 0.